The van der Waals surface area contributed by atoms with Crippen molar-refractivity contribution in [3.05, 3.63) is 48.0 Å². The number of rotatable bonds is 4. The Bertz CT molecular complexity index is 879. The van der Waals surface area contributed by atoms with E-state index in [4.69, 9.17) is 0 Å². The van der Waals surface area contributed by atoms with Crippen LogP contribution in [0.3, 0.4) is 0 Å². The highest BCUT2D eigenvalue weighted by molar-refractivity contribution is 7.88. The smallest absolute Gasteiger partial charge is 0.238 e. The standard InChI is InChI=1S/C19H24N2O3S/c1-14(16-11-10-15-7-3-4-8-17(15)13-16)20-19(22)18-9-5-6-12-21(18)25(2,23)24/h3-4,7-8,10-11,13-14,18H,5-6,9,12H2,1-2H3,(H,20,22). The molecule has 6 heteroatoms. The number of hydrogen-bond donors (Lipinski definition) is 1. The van der Waals surface area contributed by atoms with Gasteiger partial charge in [-0.25, -0.2) is 8.42 Å². The molecule has 1 aliphatic rings. The van der Waals surface area contributed by atoms with Crippen molar-refractivity contribution in [3.63, 3.8) is 0 Å². The monoisotopic (exact) mass is 360 g/mol. The van der Waals surface area contributed by atoms with Gasteiger partial charge in [-0.3, -0.25) is 4.79 Å². The number of piperidine rings is 1. The molecule has 2 aromatic rings. The van der Waals surface area contributed by atoms with E-state index in [9.17, 15) is 13.2 Å². The molecule has 0 spiro atoms. The predicted molar refractivity (Wildman–Crippen MR) is 99.7 cm³/mol. The van der Waals surface area contributed by atoms with Crippen LogP contribution < -0.4 is 5.32 Å². The lowest BCUT2D eigenvalue weighted by Crippen LogP contribution is -2.51. The summed E-state index contributed by atoms with van der Waals surface area (Å²) >= 11 is 0. The average molecular weight is 360 g/mol. The molecule has 2 aromatic carbocycles. The van der Waals surface area contributed by atoms with Crippen molar-refractivity contribution in [2.75, 3.05) is 12.8 Å². The van der Waals surface area contributed by atoms with Crippen LogP contribution >= 0.6 is 0 Å². The fourth-order valence-electron chi connectivity index (χ4n) is 3.43. The summed E-state index contributed by atoms with van der Waals surface area (Å²) < 4.78 is 25.2. The van der Waals surface area contributed by atoms with E-state index >= 15 is 0 Å². The zero-order valence-corrected chi connectivity index (χ0v) is 15.4. The van der Waals surface area contributed by atoms with Crippen molar-refractivity contribution in [2.45, 2.75) is 38.3 Å². The molecule has 1 fully saturated rings. The van der Waals surface area contributed by atoms with Crippen LogP contribution in [0.4, 0.5) is 0 Å². The van der Waals surface area contributed by atoms with Crippen molar-refractivity contribution in [3.8, 4) is 0 Å². The third-order valence-electron chi connectivity index (χ3n) is 4.81. The van der Waals surface area contributed by atoms with Crippen LogP contribution in [0.25, 0.3) is 10.8 Å². The molecule has 0 aromatic heterocycles. The fourth-order valence-corrected chi connectivity index (χ4v) is 4.56. The van der Waals surface area contributed by atoms with Crippen LogP contribution in [-0.2, 0) is 14.8 Å². The van der Waals surface area contributed by atoms with Crippen LogP contribution in [0.2, 0.25) is 0 Å². The first-order valence-electron chi connectivity index (χ1n) is 8.62. The number of hydrogen-bond acceptors (Lipinski definition) is 3. The summed E-state index contributed by atoms with van der Waals surface area (Å²) in [7, 11) is -3.38. The van der Waals surface area contributed by atoms with Gasteiger partial charge in [-0.2, -0.15) is 4.31 Å². The summed E-state index contributed by atoms with van der Waals surface area (Å²) in [6.07, 6.45) is 3.42. The first-order valence-corrected chi connectivity index (χ1v) is 10.5. The zero-order chi connectivity index (χ0) is 18.0. The van der Waals surface area contributed by atoms with Gasteiger partial charge >= 0.3 is 0 Å². The van der Waals surface area contributed by atoms with Gasteiger partial charge in [0.05, 0.1) is 12.3 Å². The predicted octanol–water partition coefficient (Wildman–Crippen LogP) is 2.83. The highest BCUT2D eigenvalue weighted by Gasteiger charge is 2.34. The van der Waals surface area contributed by atoms with Gasteiger partial charge in [-0.05, 0) is 42.2 Å². The Labute approximate surface area is 149 Å². The summed E-state index contributed by atoms with van der Waals surface area (Å²) in [6.45, 7) is 2.34. The summed E-state index contributed by atoms with van der Waals surface area (Å²) in [6, 6.07) is 13.4. The van der Waals surface area contributed by atoms with Crippen LogP contribution in [0, 0.1) is 0 Å². The van der Waals surface area contributed by atoms with Crippen LogP contribution in [0.1, 0.15) is 37.8 Å². The third-order valence-corrected chi connectivity index (χ3v) is 6.10. The number of nitrogens with zero attached hydrogens (tertiary/aromatic N) is 1. The number of sulfonamides is 1. The molecule has 0 radical (unpaired) electrons. The second-order valence-corrected chi connectivity index (χ2v) is 8.66. The van der Waals surface area contributed by atoms with E-state index in [0.717, 1.165) is 29.2 Å². The van der Waals surface area contributed by atoms with E-state index in [1.54, 1.807) is 0 Å². The molecule has 0 bridgehead atoms. The van der Waals surface area contributed by atoms with Gasteiger partial charge in [0.15, 0.2) is 0 Å². The van der Waals surface area contributed by atoms with E-state index in [0.29, 0.717) is 13.0 Å². The van der Waals surface area contributed by atoms with Crippen molar-refractivity contribution >= 4 is 26.7 Å². The Hall–Kier alpha value is -1.92. The van der Waals surface area contributed by atoms with Crippen molar-refractivity contribution in [1.29, 1.82) is 0 Å². The SMILES string of the molecule is CC(NC(=O)C1CCCCN1S(C)(=O)=O)c1ccc2ccccc2c1. The highest BCUT2D eigenvalue weighted by Crippen LogP contribution is 2.23. The second kappa shape index (κ2) is 7.14. The molecule has 2 unspecified atom stereocenters. The van der Waals surface area contributed by atoms with E-state index in [1.807, 2.05) is 43.3 Å². The van der Waals surface area contributed by atoms with Gasteiger partial charge < -0.3 is 5.32 Å². The fraction of sp³-hybridized carbons (Fsp3) is 0.421. The van der Waals surface area contributed by atoms with Gasteiger partial charge in [0, 0.05) is 6.54 Å². The topological polar surface area (TPSA) is 66.5 Å². The van der Waals surface area contributed by atoms with Crippen LogP contribution in [0.15, 0.2) is 42.5 Å². The molecule has 2 atom stereocenters. The Morgan fingerprint density at radius 3 is 2.60 bits per heavy atom. The summed E-state index contributed by atoms with van der Waals surface area (Å²) in [4.78, 5) is 12.7. The quantitative estimate of drug-likeness (QED) is 0.912. The van der Waals surface area contributed by atoms with Gasteiger partial charge in [-0.1, -0.05) is 42.8 Å². The molecular formula is C19H24N2O3S. The maximum atomic E-state index is 12.7. The van der Waals surface area contributed by atoms with E-state index in [1.165, 1.54) is 10.6 Å². The van der Waals surface area contributed by atoms with Crippen LogP contribution in [0.5, 0.6) is 0 Å². The molecule has 0 aliphatic carbocycles. The molecule has 3 rings (SSSR count). The first kappa shape index (κ1) is 17.9. The second-order valence-electron chi connectivity index (χ2n) is 6.72. The molecule has 5 nitrogen and oxygen atoms in total. The van der Waals surface area contributed by atoms with Gasteiger partial charge in [0.1, 0.15) is 6.04 Å². The van der Waals surface area contributed by atoms with E-state index < -0.39 is 16.1 Å². The molecule has 1 saturated heterocycles. The van der Waals surface area contributed by atoms with Gasteiger partial charge in [0.2, 0.25) is 15.9 Å². The largest absolute Gasteiger partial charge is 0.348 e. The Morgan fingerprint density at radius 1 is 1.16 bits per heavy atom. The maximum Gasteiger partial charge on any atom is 0.238 e. The maximum absolute atomic E-state index is 12.7. The summed E-state index contributed by atoms with van der Waals surface area (Å²) in [5.74, 6) is -0.217. The van der Waals surface area contributed by atoms with Gasteiger partial charge in [-0.15, -0.1) is 0 Å². The summed E-state index contributed by atoms with van der Waals surface area (Å²) in [5, 5.41) is 5.26. The molecule has 1 aliphatic heterocycles. The molecule has 0 saturated carbocycles. The minimum atomic E-state index is -3.38. The van der Waals surface area contributed by atoms with Crippen molar-refractivity contribution in [1.82, 2.24) is 9.62 Å². The first-order chi connectivity index (χ1) is 11.9. The Morgan fingerprint density at radius 2 is 1.88 bits per heavy atom. The van der Waals surface area contributed by atoms with E-state index in [-0.39, 0.29) is 11.9 Å². The molecule has 25 heavy (non-hydrogen) atoms. The number of fused-ring (bicyclic) bond motifs is 1. The Kier molecular flexibility index (Phi) is 5.11. The zero-order valence-electron chi connectivity index (χ0n) is 14.6. The number of amides is 1. The molecular weight excluding hydrogens is 336 g/mol. The highest BCUT2D eigenvalue weighted by atomic mass is 32.2. The average Bonchev–Trinajstić information content (AvgIpc) is 2.60. The lowest BCUT2D eigenvalue weighted by Gasteiger charge is -2.33. The molecule has 1 heterocycles. The third kappa shape index (κ3) is 4.02. The van der Waals surface area contributed by atoms with Crippen molar-refractivity contribution in [2.24, 2.45) is 0 Å². The summed E-state index contributed by atoms with van der Waals surface area (Å²) in [5.41, 5.74) is 1.01. The lowest BCUT2D eigenvalue weighted by atomic mass is 10.0. The normalized spacial score (nSPS) is 20.3. The molecule has 1 N–H and O–H groups in total. The number of benzene rings is 2. The minimum absolute atomic E-state index is 0.180. The Balaban J connectivity index is 1.76. The van der Waals surface area contributed by atoms with Gasteiger partial charge in [0.25, 0.3) is 0 Å². The number of carbonyl (C=O) groups excluding carboxylic acids is 1. The van der Waals surface area contributed by atoms with Crippen molar-refractivity contribution < 1.29 is 13.2 Å². The number of nitrogens with one attached hydrogen (secondary N) is 1. The van der Waals surface area contributed by atoms with E-state index in [2.05, 4.69) is 11.4 Å². The van der Waals surface area contributed by atoms with Crippen LogP contribution in [-0.4, -0.2) is 37.5 Å². The molecule has 134 valence electrons. The minimum Gasteiger partial charge on any atom is -0.348 e. The number of carbonyl (C=O) groups is 1. The lowest BCUT2D eigenvalue weighted by molar-refractivity contribution is -0.126. The molecule has 1 amide bonds.